The minimum atomic E-state index is 0.0328. The van der Waals surface area contributed by atoms with Gasteiger partial charge in [-0.25, -0.2) is 0 Å². The zero-order valence-electron chi connectivity index (χ0n) is 14.1. The van der Waals surface area contributed by atoms with Gasteiger partial charge >= 0.3 is 0 Å². The van der Waals surface area contributed by atoms with Crippen LogP contribution in [-0.4, -0.2) is 5.91 Å². The number of carbonyl (C=O) groups is 1. The molecule has 0 N–H and O–H groups in total. The number of nitrogens with zero attached hydrogens (tertiary/aromatic N) is 1. The van der Waals surface area contributed by atoms with Crippen molar-refractivity contribution in [1.29, 1.82) is 0 Å². The lowest BCUT2D eigenvalue weighted by atomic mass is 10.0. The largest absolute Gasteiger partial charge is 0.488 e. The zero-order valence-corrected chi connectivity index (χ0v) is 14.1. The Hall–Kier alpha value is -3.07. The summed E-state index contributed by atoms with van der Waals surface area (Å²) >= 11 is 0. The highest BCUT2D eigenvalue weighted by Crippen LogP contribution is 2.33. The Kier molecular flexibility index (Phi) is 3.98. The summed E-state index contributed by atoms with van der Waals surface area (Å²) in [5.41, 5.74) is 5.25. The van der Waals surface area contributed by atoms with Crippen molar-refractivity contribution >= 4 is 11.6 Å². The maximum atomic E-state index is 12.3. The minimum Gasteiger partial charge on any atom is -0.488 e. The topological polar surface area (TPSA) is 29.5 Å². The molecule has 3 aromatic rings. The van der Waals surface area contributed by atoms with Crippen molar-refractivity contribution in [2.45, 2.75) is 20.1 Å². The first-order chi connectivity index (χ1) is 12.2. The van der Waals surface area contributed by atoms with Gasteiger partial charge in [-0.15, -0.1) is 0 Å². The van der Waals surface area contributed by atoms with E-state index in [9.17, 15) is 4.79 Å². The summed E-state index contributed by atoms with van der Waals surface area (Å²) < 4.78 is 6.04. The van der Waals surface area contributed by atoms with Crippen LogP contribution in [-0.2, 0) is 17.9 Å². The molecular weight excluding hydrogens is 310 g/mol. The molecule has 1 aliphatic rings. The monoisotopic (exact) mass is 329 g/mol. The van der Waals surface area contributed by atoms with Gasteiger partial charge in [0.1, 0.15) is 12.4 Å². The molecule has 0 atom stereocenters. The molecule has 0 saturated carbocycles. The average Bonchev–Trinajstić information content (AvgIpc) is 2.64. The first kappa shape index (κ1) is 15.5. The summed E-state index contributed by atoms with van der Waals surface area (Å²) in [7, 11) is 0. The molecule has 124 valence electrons. The van der Waals surface area contributed by atoms with Crippen molar-refractivity contribution in [3.8, 4) is 16.9 Å². The van der Waals surface area contributed by atoms with Gasteiger partial charge in [0, 0.05) is 18.1 Å². The molecule has 0 saturated heterocycles. The highest BCUT2D eigenvalue weighted by Gasteiger charge is 2.21. The highest BCUT2D eigenvalue weighted by atomic mass is 16.5. The quantitative estimate of drug-likeness (QED) is 0.642. The smallest absolute Gasteiger partial charge is 0.224 e. The predicted molar refractivity (Wildman–Crippen MR) is 99.5 cm³/mol. The number of amides is 1. The van der Waals surface area contributed by atoms with Crippen molar-refractivity contribution in [1.82, 2.24) is 0 Å². The summed E-state index contributed by atoms with van der Waals surface area (Å²) in [6.07, 6.45) is 0. The van der Waals surface area contributed by atoms with Crippen LogP contribution in [0.15, 0.2) is 72.8 Å². The summed E-state index contributed by atoms with van der Waals surface area (Å²) in [5, 5.41) is 0. The van der Waals surface area contributed by atoms with E-state index in [2.05, 4.69) is 24.3 Å². The molecular formula is C22H19NO2. The van der Waals surface area contributed by atoms with Crippen molar-refractivity contribution in [2.75, 3.05) is 4.90 Å². The molecule has 4 rings (SSSR count). The fourth-order valence-electron chi connectivity index (χ4n) is 3.24. The molecule has 0 radical (unpaired) electrons. The summed E-state index contributed by atoms with van der Waals surface area (Å²) in [6, 6.07) is 24.3. The molecule has 0 aromatic heterocycles. The molecule has 0 unspecified atom stereocenters. The second-order valence-corrected chi connectivity index (χ2v) is 6.21. The lowest BCUT2D eigenvalue weighted by Gasteiger charge is -2.28. The van der Waals surface area contributed by atoms with E-state index in [-0.39, 0.29) is 5.91 Å². The SMILES string of the molecule is CC(=O)N1Cc2cc(-c3ccccc3)ccc2OCc2ccccc21. The minimum absolute atomic E-state index is 0.0328. The number of carbonyl (C=O) groups excluding carboxylic acids is 1. The molecule has 1 heterocycles. The summed E-state index contributed by atoms with van der Waals surface area (Å²) in [5.74, 6) is 0.867. The molecule has 3 nitrogen and oxygen atoms in total. The summed E-state index contributed by atoms with van der Waals surface area (Å²) in [6.45, 7) is 2.57. The van der Waals surface area contributed by atoms with Crippen molar-refractivity contribution < 1.29 is 9.53 Å². The zero-order chi connectivity index (χ0) is 17.2. The molecule has 0 fully saturated rings. The third kappa shape index (κ3) is 3.01. The lowest BCUT2D eigenvalue weighted by molar-refractivity contribution is -0.116. The van der Waals surface area contributed by atoms with Gasteiger partial charge in [0.2, 0.25) is 5.91 Å². The van der Waals surface area contributed by atoms with E-state index in [0.717, 1.165) is 33.7 Å². The fraction of sp³-hybridized carbons (Fsp3) is 0.136. The fourth-order valence-corrected chi connectivity index (χ4v) is 3.24. The van der Waals surface area contributed by atoms with E-state index in [1.165, 1.54) is 0 Å². The Morgan fingerprint density at radius 2 is 1.64 bits per heavy atom. The lowest BCUT2D eigenvalue weighted by Crippen LogP contribution is -2.30. The van der Waals surface area contributed by atoms with Crippen LogP contribution in [0.4, 0.5) is 5.69 Å². The molecule has 0 aliphatic carbocycles. The number of ether oxygens (including phenoxy) is 1. The van der Waals surface area contributed by atoms with E-state index in [4.69, 9.17) is 4.74 Å². The van der Waals surface area contributed by atoms with E-state index >= 15 is 0 Å². The van der Waals surface area contributed by atoms with E-state index in [1.807, 2.05) is 53.4 Å². The van der Waals surface area contributed by atoms with Gasteiger partial charge in [0.25, 0.3) is 0 Å². The maximum absolute atomic E-state index is 12.3. The second kappa shape index (κ2) is 6.44. The maximum Gasteiger partial charge on any atom is 0.224 e. The second-order valence-electron chi connectivity index (χ2n) is 6.21. The molecule has 3 aromatic carbocycles. The van der Waals surface area contributed by atoms with E-state index in [1.54, 1.807) is 6.92 Å². The number of anilines is 1. The summed E-state index contributed by atoms with van der Waals surface area (Å²) in [4.78, 5) is 14.1. The third-order valence-electron chi connectivity index (χ3n) is 4.54. The van der Waals surface area contributed by atoms with E-state index in [0.29, 0.717) is 13.2 Å². The highest BCUT2D eigenvalue weighted by molar-refractivity contribution is 5.92. The van der Waals surface area contributed by atoms with Crippen LogP contribution in [0.3, 0.4) is 0 Å². The van der Waals surface area contributed by atoms with Crippen molar-refractivity contribution in [2.24, 2.45) is 0 Å². The number of hydrogen-bond donors (Lipinski definition) is 0. The molecule has 1 amide bonds. The number of benzene rings is 3. The van der Waals surface area contributed by atoms with Gasteiger partial charge < -0.3 is 9.64 Å². The number of fused-ring (bicyclic) bond motifs is 2. The van der Waals surface area contributed by atoms with Crippen LogP contribution >= 0.6 is 0 Å². The van der Waals surface area contributed by atoms with Gasteiger partial charge in [-0.3, -0.25) is 4.79 Å². The Bertz CT molecular complexity index is 918. The average molecular weight is 329 g/mol. The van der Waals surface area contributed by atoms with Crippen LogP contribution in [0.2, 0.25) is 0 Å². The van der Waals surface area contributed by atoms with Gasteiger partial charge in [-0.2, -0.15) is 0 Å². The Balaban J connectivity index is 1.78. The Labute approximate surface area is 147 Å². The van der Waals surface area contributed by atoms with Crippen LogP contribution in [0.25, 0.3) is 11.1 Å². The molecule has 3 heteroatoms. The molecule has 0 spiro atoms. The molecule has 0 bridgehead atoms. The van der Waals surface area contributed by atoms with Crippen LogP contribution in [0, 0.1) is 0 Å². The Morgan fingerprint density at radius 3 is 2.44 bits per heavy atom. The van der Waals surface area contributed by atoms with Gasteiger partial charge in [-0.05, 0) is 29.3 Å². The van der Waals surface area contributed by atoms with Crippen LogP contribution in [0.5, 0.6) is 5.75 Å². The molecule has 25 heavy (non-hydrogen) atoms. The van der Waals surface area contributed by atoms with Crippen molar-refractivity contribution in [3.63, 3.8) is 0 Å². The van der Waals surface area contributed by atoms with E-state index < -0.39 is 0 Å². The first-order valence-corrected chi connectivity index (χ1v) is 8.39. The number of para-hydroxylation sites is 1. The van der Waals surface area contributed by atoms with Crippen LogP contribution < -0.4 is 9.64 Å². The predicted octanol–water partition coefficient (Wildman–Crippen LogP) is 4.80. The van der Waals surface area contributed by atoms with Crippen LogP contribution in [0.1, 0.15) is 18.1 Å². The Morgan fingerprint density at radius 1 is 0.880 bits per heavy atom. The van der Waals surface area contributed by atoms with Crippen molar-refractivity contribution in [3.05, 3.63) is 83.9 Å². The van der Waals surface area contributed by atoms with Gasteiger partial charge in [-0.1, -0.05) is 54.6 Å². The van der Waals surface area contributed by atoms with Gasteiger partial charge in [0.15, 0.2) is 0 Å². The number of hydrogen-bond acceptors (Lipinski definition) is 2. The molecule has 1 aliphatic heterocycles. The first-order valence-electron chi connectivity index (χ1n) is 8.39. The third-order valence-corrected chi connectivity index (χ3v) is 4.54. The standard InChI is InChI=1S/C22H19NO2/c1-16(24)23-14-20-13-18(17-7-3-2-4-8-17)11-12-22(20)25-15-19-9-5-6-10-21(19)23/h2-13H,14-15H2,1H3. The number of rotatable bonds is 1. The normalized spacial score (nSPS) is 13.1. The van der Waals surface area contributed by atoms with Gasteiger partial charge in [0.05, 0.1) is 12.2 Å².